The molecule has 1 aromatic heterocycles. The number of anilines is 1. The molecule has 0 spiro atoms. The fraction of sp³-hybridized carbons (Fsp3) is 0.500. The van der Waals surface area contributed by atoms with Gasteiger partial charge in [-0.25, -0.2) is 4.98 Å². The lowest BCUT2D eigenvalue weighted by Gasteiger charge is -2.34. The van der Waals surface area contributed by atoms with Gasteiger partial charge in [0.1, 0.15) is 21.7 Å². The van der Waals surface area contributed by atoms with E-state index in [1.165, 1.54) is 0 Å². The maximum atomic E-state index is 11.8. The summed E-state index contributed by atoms with van der Waals surface area (Å²) in [5.41, 5.74) is 0.832. The normalized spacial score (nSPS) is 15.1. The molecule has 2 aromatic rings. The molecule has 1 fully saturated rings. The molecule has 0 unspecified atom stereocenters. The van der Waals surface area contributed by atoms with E-state index in [9.17, 15) is 4.79 Å². The summed E-state index contributed by atoms with van der Waals surface area (Å²) in [7, 11) is 3.31. The van der Waals surface area contributed by atoms with Crippen LogP contribution in [0.2, 0.25) is 0 Å². The van der Waals surface area contributed by atoms with Gasteiger partial charge in [0, 0.05) is 32.6 Å². The van der Waals surface area contributed by atoms with Crippen molar-refractivity contribution in [2.45, 2.75) is 13.3 Å². The van der Waals surface area contributed by atoms with Crippen LogP contribution in [0.15, 0.2) is 12.1 Å². The molecular formula is C16H21N3O3S. The second kappa shape index (κ2) is 6.62. The molecule has 0 aliphatic carbocycles. The summed E-state index contributed by atoms with van der Waals surface area (Å²) < 4.78 is 11.8. The molecule has 2 heterocycles. The number of thiazole rings is 1. The Morgan fingerprint density at radius 2 is 1.83 bits per heavy atom. The number of ether oxygens (including phenoxy) is 2. The van der Waals surface area contributed by atoms with Gasteiger partial charge in [0.25, 0.3) is 0 Å². The van der Waals surface area contributed by atoms with E-state index < -0.39 is 0 Å². The van der Waals surface area contributed by atoms with E-state index in [0.717, 1.165) is 53.0 Å². The Hall–Kier alpha value is -2.02. The second-order valence-electron chi connectivity index (χ2n) is 5.37. The lowest BCUT2D eigenvalue weighted by atomic mass is 10.3. The summed E-state index contributed by atoms with van der Waals surface area (Å²) in [6.45, 7) is 5.00. The number of hydrogen-bond acceptors (Lipinski definition) is 6. The van der Waals surface area contributed by atoms with Crippen LogP contribution in [0.1, 0.15) is 13.3 Å². The predicted molar refractivity (Wildman–Crippen MR) is 91.8 cm³/mol. The van der Waals surface area contributed by atoms with Gasteiger partial charge in [-0.05, 0) is 12.1 Å². The quantitative estimate of drug-likeness (QED) is 0.859. The summed E-state index contributed by atoms with van der Waals surface area (Å²) in [5, 5.41) is 0.950. The fourth-order valence-corrected chi connectivity index (χ4v) is 3.91. The van der Waals surface area contributed by atoms with E-state index in [-0.39, 0.29) is 5.91 Å². The first-order valence-electron chi connectivity index (χ1n) is 7.72. The highest BCUT2D eigenvalue weighted by molar-refractivity contribution is 7.22. The topological polar surface area (TPSA) is 54.9 Å². The van der Waals surface area contributed by atoms with E-state index in [4.69, 9.17) is 14.5 Å². The number of methoxy groups -OCH3 is 2. The SMILES string of the molecule is CCC(=O)N1CCN(c2nc3c(OC)ccc(OC)c3s2)CC1. The van der Waals surface area contributed by atoms with Crippen LogP contribution < -0.4 is 14.4 Å². The molecule has 0 saturated carbocycles. The molecule has 1 saturated heterocycles. The Kier molecular flexibility index (Phi) is 4.56. The molecule has 7 heteroatoms. The van der Waals surface area contributed by atoms with E-state index in [0.29, 0.717) is 6.42 Å². The van der Waals surface area contributed by atoms with Gasteiger partial charge in [0.05, 0.1) is 14.2 Å². The summed E-state index contributed by atoms with van der Waals surface area (Å²) in [5.74, 6) is 1.78. The maximum Gasteiger partial charge on any atom is 0.222 e. The highest BCUT2D eigenvalue weighted by Gasteiger charge is 2.23. The second-order valence-corrected chi connectivity index (χ2v) is 6.34. The third-order valence-corrected chi connectivity index (χ3v) is 5.24. The van der Waals surface area contributed by atoms with Crippen molar-refractivity contribution in [3.8, 4) is 11.5 Å². The van der Waals surface area contributed by atoms with Crippen molar-refractivity contribution in [1.29, 1.82) is 0 Å². The Labute approximate surface area is 139 Å². The zero-order valence-electron chi connectivity index (χ0n) is 13.7. The molecule has 0 radical (unpaired) electrons. The molecule has 3 rings (SSSR count). The molecule has 0 bridgehead atoms. The van der Waals surface area contributed by atoms with Crippen molar-refractivity contribution in [2.75, 3.05) is 45.3 Å². The lowest BCUT2D eigenvalue weighted by molar-refractivity contribution is -0.131. The molecule has 1 aromatic carbocycles. The smallest absolute Gasteiger partial charge is 0.222 e. The van der Waals surface area contributed by atoms with Gasteiger partial charge < -0.3 is 19.3 Å². The Morgan fingerprint density at radius 3 is 2.43 bits per heavy atom. The standard InChI is InChI=1S/C16H21N3O3S/c1-4-13(20)18-7-9-19(10-8-18)16-17-14-11(21-2)5-6-12(22-3)15(14)23-16/h5-6H,4,7-10H2,1-3H3. The molecule has 0 N–H and O–H groups in total. The highest BCUT2D eigenvalue weighted by Crippen LogP contribution is 2.40. The summed E-state index contributed by atoms with van der Waals surface area (Å²) in [4.78, 5) is 20.7. The van der Waals surface area contributed by atoms with Crippen molar-refractivity contribution < 1.29 is 14.3 Å². The van der Waals surface area contributed by atoms with Crippen LogP contribution in [-0.2, 0) is 4.79 Å². The van der Waals surface area contributed by atoms with Crippen molar-refractivity contribution in [3.05, 3.63) is 12.1 Å². The number of hydrogen-bond donors (Lipinski definition) is 0. The third kappa shape index (κ3) is 2.93. The number of carbonyl (C=O) groups excluding carboxylic acids is 1. The van der Waals surface area contributed by atoms with E-state index in [1.807, 2.05) is 24.0 Å². The van der Waals surface area contributed by atoms with E-state index >= 15 is 0 Å². The predicted octanol–water partition coefficient (Wildman–Crippen LogP) is 2.37. The van der Waals surface area contributed by atoms with Crippen LogP contribution in [-0.4, -0.2) is 56.2 Å². The number of amides is 1. The first-order chi connectivity index (χ1) is 11.2. The van der Waals surface area contributed by atoms with Gasteiger partial charge in [-0.3, -0.25) is 4.79 Å². The zero-order chi connectivity index (χ0) is 16.4. The van der Waals surface area contributed by atoms with Gasteiger partial charge >= 0.3 is 0 Å². The lowest BCUT2D eigenvalue weighted by Crippen LogP contribution is -2.48. The average molecular weight is 335 g/mol. The number of benzene rings is 1. The molecular weight excluding hydrogens is 314 g/mol. The van der Waals surface area contributed by atoms with Crippen molar-refractivity contribution in [3.63, 3.8) is 0 Å². The van der Waals surface area contributed by atoms with Crippen LogP contribution in [0, 0.1) is 0 Å². The average Bonchev–Trinajstić information content (AvgIpc) is 3.05. The number of nitrogens with zero attached hydrogens (tertiary/aromatic N) is 3. The van der Waals surface area contributed by atoms with Crippen molar-refractivity contribution in [1.82, 2.24) is 9.88 Å². The molecule has 0 atom stereocenters. The maximum absolute atomic E-state index is 11.8. The van der Waals surface area contributed by atoms with E-state index in [2.05, 4.69) is 4.90 Å². The van der Waals surface area contributed by atoms with Crippen LogP contribution >= 0.6 is 11.3 Å². The molecule has 124 valence electrons. The van der Waals surface area contributed by atoms with Gasteiger partial charge in [-0.15, -0.1) is 0 Å². The van der Waals surface area contributed by atoms with Gasteiger partial charge in [0.15, 0.2) is 5.13 Å². The Bertz CT molecular complexity index is 667. The number of rotatable bonds is 4. The van der Waals surface area contributed by atoms with Crippen LogP contribution in [0.25, 0.3) is 10.2 Å². The summed E-state index contributed by atoms with van der Waals surface area (Å²) in [6, 6.07) is 3.78. The van der Waals surface area contributed by atoms with Crippen LogP contribution in [0.3, 0.4) is 0 Å². The molecule has 1 aliphatic heterocycles. The number of fused-ring (bicyclic) bond motifs is 1. The van der Waals surface area contributed by atoms with Gasteiger partial charge in [-0.2, -0.15) is 0 Å². The number of aromatic nitrogens is 1. The number of carbonyl (C=O) groups is 1. The Balaban J connectivity index is 1.85. The highest BCUT2D eigenvalue weighted by atomic mass is 32.1. The monoisotopic (exact) mass is 335 g/mol. The van der Waals surface area contributed by atoms with Crippen LogP contribution in [0.4, 0.5) is 5.13 Å². The van der Waals surface area contributed by atoms with Crippen molar-refractivity contribution in [2.24, 2.45) is 0 Å². The molecule has 1 aliphatic rings. The Morgan fingerprint density at radius 1 is 1.17 bits per heavy atom. The first kappa shape index (κ1) is 15.9. The summed E-state index contributed by atoms with van der Waals surface area (Å²) in [6.07, 6.45) is 0.565. The summed E-state index contributed by atoms with van der Waals surface area (Å²) >= 11 is 1.61. The van der Waals surface area contributed by atoms with Crippen LogP contribution in [0.5, 0.6) is 11.5 Å². The largest absolute Gasteiger partial charge is 0.495 e. The first-order valence-corrected chi connectivity index (χ1v) is 8.53. The minimum Gasteiger partial charge on any atom is -0.495 e. The minimum atomic E-state index is 0.220. The zero-order valence-corrected chi connectivity index (χ0v) is 14.5. The number of piperazine rings is 1. The van der Waals surface area contributed by atoms with E-state index in [1.54, 1.807) is 25.6 Å². The third-order valence-electron chi connectivity index (χ3n) is 4.10. The van der Waals surface area contributed by atoms with Gasteiger partial charge in [-0.1, -0.05) is 18.3 Å². The molecule has 23 heavy (non-hydrogen) atoms. The minimum absolute atomic E-state index is 0.220. The van der Waals surface area contributed by atoms with Crippen molar-refractivity contribution >= 4 is 32.6 Å². The molecule has 6 nitrogen and oxygen atoms in total. The van der Waals surface area contributed by atoms with Gasteiger partial charge in [0.2, 0.25) is 5.91 Å². The fourth-order valence-electron chi connectivity index (χ4n) is 2.78. The molecule has 1 amide bonds.